The SMILES string of the molecule is OC[C@H]1C[C@@H](Nc2nc(NCc3ccc(F)cc3)nc(Cl)c2-c2nc3ccccc3s2)[C@H](O)[C@@H]1O. The smallest absolute Gasteiger partial charge is 0.226 e. The zero-order chi connectivity index (χ0) is 24.5. The van der Waals surface area contributed by atoms with Crippen LogP contribution in [0.5, 0.6) is 0 Å². The van der Waals surface area contributed by atoms with Gasteiger partial charge in [-0.15, -0.1) is 11.3 Å². The number of para-hydroxylation sites is 1. The highest BCUT2D eigenvalue weighted by Gasteiger charge is 2.41. The first kappa shape index (κ1) is 23.8. The van der Waals surface area contributed by atoms with E-state index in [1.165, 1.54) is 23.5 Å². The molecule has 1 aliphatic carbocycles. The van der Waals surface area contributed by atoms with Gasteiger partial charge in [0.2, 0.25) is 5.95 Å². The van der Waals surface area contributed by atoms with Crippen LogP contribution >= 0.6 is 22.9 Å². The molecule has 2 aromatic heterocycles. The third kappa shape index (κ3) is 4.93. The number of hydrogen-bond donors (Lipinski definition) is 5. The van der Waals surface area contributed by atoms with Crippen molar-refractivity contribution >= 4 is 44.9 Å². The maximum Gasteiger partial charge on any atom is 0.226 e. The van der Waals surface area contributed by atoms with Crippen LogP contribution in [0.3, 0.4) is 0 Å². The maximum atomic E-state index is 13.2. The molecule has 4 aromatic rings. The van der Waals surface area contributed by atoms with Crippen molar-refractivity contribution in [3.63, 3.8) is 0 Å². The number of benzene rings is 2. The summed E-state index contributed by atoms with van der Waals surface area (Å²) < 4.78 is 14.2. The van der Waals surface area contributed by atoms with E-state index in [9.17, 15) is 19.7 Å². The van der Waals surface area contributed by atoms with E-state index < -0.39 is 24.2 Å². The second-order valence-corrected chi connectivity index (χ2v) is 9.83. The highest BCUT2D eigenvalue weighted by atomic mass is 35.5. The lowest BCUT2D eigenvalue weighted by Gasteiger charge is -2.21. The Morgan fingerprint density at radius 1 is 1.03 bits per heavy atom. The monoisotopic (exact) mass is 515 g/mol. The van der Waals surface area contributed by atoms with Crippen LogP contribution in [0.2, 0.25) is 5.15 Å². The van der Waals surface area contributed by atoms with Gasteiger partial charge in [-0.3, -0.25) is 0 Å². The standard InChI is InChI=1S/C24H23ClFN5O3S/c25-21-18(23-29-15-3-1-2-4-17(15)35-23)22(28-16-9-13(11-32)19(33)20(16)34)31-24(30-21)27-10-12-5-7-14(26)8-6-12/h1-8,13,16,19-20,32-34H,9-11H2,(H2,27,28,30,31)/t13-,16-,19-,20+/m1/s1. The Morgan fingerprint density at radius 2 is 1.80 bits per heavy atom. The molecule has 0 aliphatic heterocycles. The Bertz CT molecular complexity index is 1310. The molecule has 0 bridgehead atoms. The third-order valence-electron chi connectivity index (χ3n) is 6.09. The topological polar surface area (TPSA) is 123 Å². The molecular weight excluding hydrogens is 493 g/mol. The highest BCUT2D eigenvalue weighted by Crippen LogP contribution is 2.40. The van der Waals surface area contributed by atoms with E-state index >= 15 is 0 Å². The number of rotatable bonds is 7. The average molecular weight is 516 g/mol. The molecule has 11 heteroatoms. The first-order valence-electron chi connectivity index (χ1n) is 11.1. The molecule has 1 saturated carbocycles. The fourth-order valence-corrected chi connectivity index (χ4v) is 5.52. The molecule has 5 rings (SSSR count). The highest BCUT2D eigenvalue weighted by molar-refractivity contribution is 7.21. The van der Waals surface area contributed by atoms with Gasteiger partial charge in [0.1, 0.15) is 27.9 Å². The number of aromatic nitrogens is 3. The van der Waals surface area contributed by atoms with E-state index in [1.807, 2.05) is 24.3 Å². The molecule has 2 aromatic carbocycles. The van der Waals surface area contributed by atoms with Crippen LogP contribution < -0.4 is 10.6 Å². The fraction of sp³-hybridized carbons (Fsp3) is 0.292. The minimum atomic E-state index is -1.10. The molecule has 1 aliphatic rings. The minimum Gasteiger partial charge on any atom is -0.396 e. The van der Waals surface area contributed by atoms with Gasteiger partial charge in [-0.1, -0.05) is 35.9 Å². The summed E-state index contributed by atoms with van der Waals surface area (Å²) >= 11 is 8.08. The van der Waals surface area contributed by atoms with Crippen LogP contribution in [-0.4, -0.2) is 55.1 Å². The van der Waals surface area contributed by atoms with Crippen molar-refractivity contribution in [3.05, 3.63) is 65.1 Å². The second-order valence-electron chi connectivity index (χ2n) is 8.44. The van der Waals surface area contributed by atoms with Crippen molar-refractivity contribution in [2.45, 2.75) is 31.2 Å². The maximum absolute atomic E-state index is 13.2. The molecule has 8 nitrogen and oxygen atoms in total. The Hall–Kier alpha value is -2.89. The number of anilines is 2. The van der Waals surface area contributed by atoms with Crippen molar-refractivity contribution in [1.29, 1.82) is 0 Å². The number of aliphatic hydroxyl groups excluding tert-OH is 3. The van der Waals surface area contributed by atoms with E-state index in [-0.39, 0.29) is 23.5 Å². The summed E-state index contributed by atoms with van der Waals surface area (Å²) in [6.45, 7) is 0.101. The van der Waals surface area contributed by atoms with Crippen molar-refractivity contribution in [2.75, 3.05) is 17.2 Å². The number of nitrogens with zero attached hydrogens (tertiary/aromatic N) is 3. The number of halogens is 2. The Labute approximate surface area is 209 Å². The summed E-state index contributed by atoms with van der Waals surface area (Å²) in [7, 11) is 0. The fourth-order valence-electron chi connectivity index (χ4n) is 4.19. The van der Waals surface area contributed by atoms with E-state index in [4.69, 9.17) is 11.6 Å². The number of hydrogen-bond acceptors (Lipinski definition) is 9. The molecule has 35 heavy (non-hydrogen) atoms. The molecule has 0 amide bonds. The summed E-state index contributed by atoms with van der Waals surface area (Å²) in [5.41, 5.74) is 2.12. The van der Waals surface area contributed by atoms with Gasteiger partial charge in [-0.05, 0) is 36.2 Å². The van der Waals surface area contributed by atoms with Gasteiger partial charge in [-0.25, -0.2) is 14.4 Å². The van der Waals surface area contributed by atoms with Crippen LogP contribution in [0.4, 0.5) is 16.2 Å². The lowest BCUT2D eigenvalue weighted by Crippen LogP contribution is -2.35. The van der Waals surface area contributed by atoms with Gasteiger partial charge in [0.15, 0.2) is 0 Å². The summed E-state index contributed by atoms with van der Waals surface area (Å²) in [4.78, 5) is 13.7. The molecular formula is C24H23ClFN5O3S. The van der Waals surface area contributed by atoms with Gasteiger partial charge in [0.05, 0.1) is 27.9 Å². The lowest BCUT2D eigenvalue weighted by molar-refractivity contribution is 0.00446. The molecule has 4 atom stereocenters. The van der Waals surface area contributed by atoms with Gasteiger partial charge < -0.3 is 26.0 Å². The van der Waals surface area contributed by atoms with Crippen molar-refractivity contribution in [1.82, 2.24) is 15.0 Å². The number of nitrogens with one attached hydrogen (secondary N) is 2. The Morgan fingerprint density at radius 3 is 2.51 bits per heavy atom. The minimum absolute atomic E-state index is 0.162. The number of fused-ring (bicyclic) bond motifs is 1. The summed E-state index contributed by atoms with van der Waals surface area (Å²) in [6, 6.07) is 13.2. The number of thiazole rings is 1. The molecule has 0 spiro atoms. The lowest BCUT2D eigenvalue weighted by atomic mass is 10.1. The first-order chi connectivity index (χ1) is 16.9. The predicted molar refractivity (Wildman–Crippen MR) is 134 cm³/mol. The quantitative estimate of drug-likeness (QED) is 0.236. The van der Waals surface area contributed by atoms with Crippen molar-refractivity contribution in [2.24, 2.45) is 5.92 Å². The summed E-state index contributed by atoms with van der Waals surface area (Å²) in [5.74, 6) is -0.195. The predicted octanol–water partition coefficient (Wildman–Crippen LogP) is 3.67. The van der Waals surface area contributed by atoms with Crippen LogP contribution in [-0.2, 0) is 6.54 Å². The first-order valence-corrected chi connectivity index (χ1v) is 12.3. The zero-order valence-corrected chi connectivity index (χ0v) is 20.0. The summed E-state index contributed by atoms with van der Waals surface area (Å²) in [5, 5.41) is 37.4. The van der Waals surface area contributed by atoms with Crippen LogP contribution in [0.1, 0.15) is 12.0 Å². The summed E-state index contributed by atoms with van der Waals surface area (Å²) in [6.07, 6.45) is -1.81. The zero-order valence-electron chi connectivity index (χ0n) is 18.4. The average Bonchev–Trinajstić information content (AvgIpc) is 3.39. The molecule has 0 unspecified atom stereocenters. The van der Waals surface area contributed by atoms with Gasteiger partial charge in [-0.2, -0.15) is 4.98 Å². The largest absolute Gasteiger partial charge is 0.396 e. The van der Waals surface area contributed by atoms with E-state index in [1.54, 1.807) is 12.1 Å². The van der Waals surface area contributed by atoms with E-state index in [2.05, 4.69) is 25.6 Å². The third-order valence-corrected chi connectivity index (χ3v) is 7.42. The molecule has 1 fully saturated rings. The number of aliphatic hydroxyl groups is 3. The van der Waals surface area contributed by atoms with Crippen LogP contribution in [0.15, 0.2) is 48.5 Å². The second kappa shape index (κ2) is 10.00. The van der Waals surface area contributed by atoms with Crippen LogP contribution in [0, 0.1) is 11.7 Å². The normalized spacial score (nSPS) is 22.0. The molecule has 2 heterocycles. The van der Waals surface area contributed by atoms with Crippen LogP contribution in [0.25, 0.3) is 20.8 Å². The van der Waals surface area contributed by atoms with Crippen molar-refractivity contribution < 1.29 is 19.7 Å². The Balaban J connectivity index is 1.50. The molecule has 0 radical (unpaired) electrons. The van der Waals surface area contributed by atoms with E-state index in [0.717, 1.165) is 15.8 Å². The van der Waals surface area contributed by atoms with Crippen molar-refractivity contribution in [3.8, 4) is 10.6 Å². The molecule has 182 valence electrons. The van der Waals surface area contributed by atoms with Gasteiger partial charge >= 0.3 is 0 Å². The van der Waals surface area contributed by atoms with E-state index in [0.29, 0.717) is 29.4 Å². The molecule has 5 N–H and O–H groups in total. The molecule has 0 saturated heterocycles. The Kier molecular flexibility index (Phi) is 6.81. The van der Waals surface area contributed by atoms with Gasteiger partial charge in [0.25, 0.3) is 0 Å². The van der Waals surface area contributed by atoms with Gasteiger partial charge in [0, 0.05) is 19.1 Å².